The van der Waals surface area contributed by atoms with Crippen molar-refractivity contribution in [2.45, 2.75) is 16.7 Å². The van der Waals surface area contributed by atoms with Crippen LogP contribution in [0.3, 0.4) is 0 Å². The Morgan fingerprint density at radius 3 is 3.00 bits per heavy atom. The maximum Gasteiger partial charge on any atom is 0.259 e. The van der Waals surface area contributed by atoms with Crippen molar-refractivity contribution in [1.29, 1.82) is 0 Å². The van der Waals surface area contributed by atoms with Gasteiger partial charge in [0.05, 0.1) is 22.8 Å². The molecule has 0 spiro atoms. The largest absolute Gasteiger partial charge is 0.398 e. The predicted octanol–water partition coefficient (Wildman–Crippen LogP) is 2.54. The summed E-state index contributed by atoms with van der Waals surface area (Å²) in [6.45, 7) is 0.351. The maximum absolute atomic E-state index is 14.2. The average Bonchev–Trinajstić information content (AvgIpc) is 3.19. The molecule has 0 aliphatic rings. The second-order valence-corrected chi connectivity index (χ2v) is 7.09. The number of methoxy groups -OCH3 is 1. The molecule has 3 N–H and O–H groups in total. The smallest absolute Gasteiger partial charge is 0.259 e. The van der Waals surface area contributed by atoms with Gasteiger partial charge in [0.25, 0.3) is 5.91 Å². The van der Waals surface area contributed by atoms with Crippen LogP contribution < -0.4 is 11.1 Å². The van der Waals surface area contributed by atoms with Gasteiger partial charge in [-0.15, -0.1) is 21.5 Å². The number of carbonyl (C=O) groups is 1. The Morgan fingerprint density at radius 2 is 2.31 bits per heavy atom. The molecule has 0 radical (unpaired) electrons. The number of amides is 1. The molecule has 1 aromatic carbocycles. The highest BCUT2D eigenvalue weighted by Gasteiger charge is 2.17. The van der Waals surface area contributed by atoms with Crippen molar-refractivity contribution in [3.63, 3.8) is 0 Å². The van der Waals surface area contributed by atoms with Crippen LogP contribution in [0.15, 0.2) is 33.9 Å². The summed E-state index contributed by atoms with van der Waals surface area (Å²) in [7, 11) is 3.30. The van der Waals surface area contributed by atoms with E-state index in [1.807, 2.05) is 0 Å². The number of carbonyl (C=O) groups excluding carboxylic acids is 1. The number of hydrogen-bond acceptors (Lipinski definition) is 8. The third-order valence-electron chi connectivity index (χ3n) is 3.28. The van der Waals surface area contributed by atoms with E-state index in [4.69, 9.17) is 10.5 Å². The second kappa shape index (κ2) is 7.81. The molecule has 0 saturated carbocycles. The summed E-state index contributed by atoms with van der Waals surface area (Å²) in [6, 6.07) is 2.51. The molecular formula is C15H15FN6O2S2. The molecule has 26 heavy (non-hydrogen) atoms. The number of nitrogen functional groups attached to an aromatic ring is 1. The molecule has 2 heterocycles. The molecule has 0 atom stereocenters. The summed E-state index contributed by atoms with van der Waals surface area (Å²) in [5.74, 6) is -1.01. The molecule has 0 bridgehead atoms. The molecule has 0 aliphatic carbocycles. The van der Waals surface area contributed by atoms with Gasteiger partial charge < -0.3 is 15.0 Å². The van der Waals surface area contributed by atoms with Crippen molar-refractivity contribution in [1.82, 2.24) is 19.7 Å². The number of halogens is 1. The van der Waals surface area contributed by atoms with Gasteiger partial charge in [-0.2, -0.15) is 0 Å². The number of aromatic nitrogens is 4. The minimum atomic E-state index is -0.538. The zero-order valence-corrected chi connectivity index (χ0v) is 15.5. The number of hydrogen-bond donors (Lipinski definition) is 2. The van der Waals surface area contributed by atoms with Gasteiger partial charge in [-0.05, 0) is 23.9 Å². The van der Waals surface area contributed by atoms with Crippen LogP contribution in [-0.2, 0) is 18.4 Å². The number of aryl methyl sites for hydroxylation is 1. The number of thiazole rings is 1. The summed E-state index contributed by atoms with van der Waals surface area (Å²) in [5.41, 5.74) is 6.72. The van der Waals surface area contributed by atoms with E-state index in [9.17, 15) is 9.18 Å². The summed E-state index contributed by atoms with van der Waals surface area (Å²) in [6.07, 6.45) is 1.51. The Hall–Kier alpha value is -2.50. The van der Waals surface area contributed by atoms with Crippen LogP contribution in [0.4, 0.5) is 15.2 Å². The van der Waals surface area contributed by atoms with Crippen LogP contribution in [0.25, 0.3) is 0 Å². The van der Waals surface area contributed by atoms with E-state index in [1.54, 1.807) is 24.1 Å². The van der Waals surface area contributed by atoms with Crippen LogP contribution in [0.2, 0.25) is 0 Å². The van der Waals surface area contributed by atoms with Crippen LogP contribution >= 0.6 is 23.1 Å². The zero-order chi connectivity index (χ0) is 18.7. The molecule has 3 aromatic rings. The zero-order valence-electron chi connectivity index (χ0n) is 13.9. The molecule has 0 unspecified atom stereocenters. The van der Waals surface area contributed by atoms with E-state index in [0.29, 0.717) is 22.6 Å². The number of benzene rings is 1. The number of rotatable bonds is 6. The van der Waals surface area contributed by atoms with Crippen molar-refractivity contribution < 1.29 is 13.9 Å². The fourth-order valence-corrected chi connectivity index (χ4v) is 3.55. The van der Waals surface area contributed by atoms with Gasteiger partial charge in [-0.3, -0.25) is 10.1 Å². The van der Waals surface area contributed by atoms with Gasteiger partial charge in [-0.1, -0.05) is 0 Å². The van der Waals surface area contributed by atoms with E-state index >= 15 is 0 Å². The van der Waals surface area contributed by atoms with E-state index < -0.39 is 11.7 Å². The van der Waals surface area contributed by atoms with Crippen molar-refractivity contribution >= 4 is 39.8 Å². The van der Waals surface area contributed by atoms with Crippen molar-refractivity contribution in [2.24, 2.45) is 7.05 Å². The van der Waals surface area contributed by atoms with Gasteiger partial charge in [0.1, 0.15) is 12.1 Å². The standard InChI is InChI=1S/C15H15FN6O2S2/c1-22-7-18-21-15(22)26-12-3-9(11(17)4-10(12)16)13(23)20-14-19-8(5-24-2)6-25-14/h3-4,6-7H,5,17H2,1-2H3,(H,19,20,23). The molecule has 0 fully saturated rings. The fraction of sp³-hybridized carbons (Fsp3) is 0.200. The first-order valence-electron chi connectivity index (χ1n) is 7.33. The number of nitrogens with one attached hydrogen (secondary N) is 1. The Balaban J connectivity index is 1.82. The SMILES string of the molecule is COCc1csc(NC(=O)c2cc(Sc3nncn3C)c(F)cc2N)n1. The third kappa shape index (κ3) is 4.00. The highest BCUT2D eigenvalue weighted by Crippen LogP contribution is 2.31. The first-order valence-corrected chi connectivity index (χ1v) is 9.03. The fourth-order valence-electron chi connectivity index (χ4n) is 2.05. The summed E-state index contributed by atoms with van der Waals surface area (Å²) in [4.78, 5) is 17.0. The summed E-state index contributed by atoms with van der Waals surface area (Å²) in [5, 5.41) is 13.0. The van der Waals surface area contributed by atoms with E-state index in [-0.39, 0.29) is 16.1 Å². The number of nitrogens with two attached hydrogens (primary N) is 1. The highest BCUT2D eigenvalue weighted by atomic mass is 32.2. The minimum absolute atomic E-state index is 0.0380. The van der Waals surface area contributed by atoms with Crippen LogP contribution in [0.5, 0.6) is 0 Å². The summed E-state index contributed by atoms with van der Waals surface area (Å²) >= 11 is 2.32. The number of nitrogens with zero attached hydrogens (tertiary/aromatic N) is 4. The Morgan fingerprint density at radius 1 is 1.50 bits per heavy atom. The topological polar surface area (TPSA) is 108 Å². The lowest BCUT2D eigenvalue weighted by atomic mass is 10.1. The van der Waals surface area contributed by atoms with E-state index in [2.05, 4.69) is 20.5 Å². The van der Waals surface area contributed by atoms with E-state index in [1.165, 1.54) is 23.7 Å². The first-order chi connectivity index (χ1) is 12.5. The van der Waals surface area contributed by atoms with Gasteiger partial charge in [0, 0.05) is 25.2 Å². The Labute approximate surface area is 156 Å². The quantitative estimate of drug-likeness (QED) is 0.619. The minimum Gasteiger partial charge on any atom is -0.398 e. The summed E-state index contributed by atoms with van der Waals surface area (Å²) < 4.78 is 20.9. The third-order valence-corrected chi connectivity index (χ3v) is 5.18. The molecule has 136 valence electrons. The van der Waals surface area contributed by atoms with Gasteiger partial charge in [-0.25, -0.2) is 9.37 Å². The molecule has 0 aliphatic heterocycles. The highest BCUT2D eigenvalue weighted by molar-refractivity contribution is 7.99. The monoisotopic (exact) mass is 394 g/mol. The van der Waals surface area contributed by atoms with Crippen LogP contribution in [-0.4, -0.2) is 32.8 Å². The number of anilines is 2. The second-order valence-electron chi connectivity index (χ2n) is 5.23. The molecule has 0 saturated heterocycles. The normalized spacial score (nSPS) is 10.9. The van der Waals surface area contributed by atoms with Crippen molar-refractivity contribution in [2.75, 3.05) is 18.2 Å². The molecule has 1 amide bonds. The molecule has 2 aromatic heterocycles. The average molecular weight is 394 g/mol. The molecule has 8 nitrogen and oxygen atoms in total. The van der Waals surface area contributed by atoms with Crippen molar-refractivity contribution in [3.8, 4) is 0 Å². The van der Waals surface area contributed by atoms with Gasteiger partial charge >= 0.3 is 0 Å². The lowest BCUT2D eigenvalue weighted by molar-refractivity contribution is 0.102. The predicted molar refractivity (Wildman–Crippen MR) is 96.7 cm³/mol. The van der Waals surface area contributed by atoms with Crippen LogP contribution in [0.1, 0.15) is 16.1 Å². The van der Waals surface area contributed by atoms with Crippen LogP contribution in [0, 0.1) is 5.82 Å². The molecule has 3 rings (SSSR count). The first kappa shape index (κ1) is 18.3. The lowest BCUT2D eigenvalue weighted by Crippen LogP contribution is -2.14. The Bertz CT molecular complexity index is 942. The maximum atomic E-state index is 14.2. The van der Waals surface area contributed by atoms with Crippen molar-refractivity contribution in [3.05, 3.63) is 40.9 Å². The molecule has 11 heteroatoms. The van der Waals surface area contributed by atoms with Gasteiger partial charge in [0.15, 0.2) is 10.3 Å². The van der Waals surface area contributed by atoms with Gasteiger partial charge in [0.2, 0.25) is 0 Å². The van der Waals surface area contributed by atoms with E-state index in [0.717, 1.165) is 17.8 Å². The lowest BCUT2D eigenvalue weighted by Gasteiger charge is -2.09. The Kier molecular flexibility index (Phi) is 5.49. The number of ether oxygens (including phenoxy) is 1. The molecular weight excluding hydrogens is 379 g/mol.